The number of nitrogens with two attached hydrogens (primary N) is 1. The normalized spacial score (nSPS) is 18.7. The smallest absolute Gasteiger partial charge is 0.191 e. The molecule has 2 heterocycles. The molecule has 3 rings (SSSR count). The monoisotopic (exact) mass is 329 g/mol. The number of ether oxygens (including phenoxy) is 2. The summed E-state index contributed by atoms with van der Waals surface area (Å²) in [5, 5.41) is 4.54. The lowest BCUT2D eigenvalue weighted by Crippen LogP contribution is -2.47. The number of aliphatic imine (C=N–C) groups is 1. The second-order valence-electron chi connectivity index (χ2n) is 5.75. The average Bonchev–Trinajstić information content (AvgIpc) is 3.09. The maximum absolute atomic E-state index is 6.08. The van der Waals surface area contributed by atoms with Crippen molar-refractivity contribution in [3.05, 3.63) is 42.2 Å². The van der Waals surface area contributed by atoms with Crippen LogP contribution in [0.5, 0.6) is 5.75 Å². The Balaban J connectivity index is 1.63. The molecule has 1 aliphatic rings. The zero-order valence-corrected chi connectivity index (χ0v) is 14.1. The lowest BCUT2D eigenvalue weighted by Gasteiger charge is -2.31. The Labute approximate surface area is 141 Å². The lowest BCUT2D eigenvalue weighted by atomic mass is 10.3. The summed E-state index contributed by atoms with van der Waals surface area (Å²) in [6.45, 7) is 4.73. The summed E-state index contributed by atoms with van der Waals surface area (Å²) in [5.41, 5.74) is 7.92. The Bertz CT molecular complexity index is 695. The van der Waals surface area contributed by atoms with Crippen LogP contribution >= 0.6 is 0 Å². The number of benzene rings is 1. The first-order valence-electron chi connectivity index (χ1n) is 8.01. The molecule has 0 amide bonds. The number of aromatic nitrogens is 2. The Hall–Kier alpha value is -2.54. The second kappa shape index (κ2) is 7.35. The van der Waals surface area contributed by atoms with Gasteiger partial charge in [0.2, 0.25) is 0 Å². The van der Waals surface area contributed by atoms with Crippen molar-refractivity contribution in [3.8, 4) is 11.4 Å². The topological polar surface area (TPSA) is 77.9 Å². The van der Waals surface area contributed by atoms with Crippen molar-refractivity contribution >= 4 is 5.96 Å². The zero-order chi connectivity index (χ0) is 16.9. The van der Waals surface area contributed by atoms with Crippen molar-refractivity contribution in [1.29, 1.82) is 0 Å². The number of morpholine rings is 1. The highest BCUT2D eigenvalue weighted by Crippen LogP contribution is 2.14. The molecule has 7 nitrogen and oxygen atoms in total. The van der Waals surface area contributed by atoms with Gasteiger partial charge in [-0.1, -0.05) is 0 Å². The van der Waals surface area contributed by atoms with Gasteiger partial charge < -0.3 is 20.1 Å². The molecular weight excluding hydrogens is 306 g/mol. The molecule has 1 aromatic carbocycles. The van der Waals surface area contributed by atoms with Crippen molar-refractivity contribution in [1.82, 2.24) is 14.7 Å². The van der Waals surface area contributed by atoms with Gasteiger partial charge >= 0.3 is 0 Å². The van der Waals surface area contributed by atoms with Gasteiger partial charge in [0, 0.05) is 19.3 Å². The molecule has 0 saturated carbocycles. The first-order chi connectivity index (χ1) is 11.7. The van der Waals surface area contributed by atoms with Gasteiger partial charge in [-0.05, 0) is 37.3 Å². The fourth-order valence-electron chi connectivity index (χ4n) is 2.61. The van der Waals surface area contributed by atoms with Crippen LogP contribution in [0.15, 0.2) is 41.5 Å². The van der Waals surface area contributed by atoms with E-state index in [1.165, 1.54) is 0 Å². The van der Waals surface area contributed by atoms with Crippen molar-refractivity contribution in [2.45, 2.75) is 19.6 Å². The van der Waals surface area contributed by atoms with Crippen molar-refractivity contribution < 1.29 is 9.47 Å². The molecule has 1 unspecified atom stereocenters. The lowest BCUT2D eigenvalue weighted by molar-refractivity contribution is 0.00528. The molecule has 1 aliphatic heterocycles. The molecule has 24 heavy (non-hydrogen) atoms. The van der Waals surface area contributed by atoms with E-state index in [1.807, 2.05) is 48.1 Å². The summed E-state index contributed by atoms with van der Waals surface area (Å²) < 4.78 is 12.5. The van der Waals surface area contributed by atoms with Gasteiger partial charge in [0.05, 0.1) is 37.7 Å². The van der Waals surface area contributed by atoms with Gasteiger partial charge in [0.15, 0.2) is 5.96 Å². The molecule has 0 bridgehead atoms. The fraction of sp³-hybridized carbons (Fsp3) is 0.412. The van der Waals surface area contributed by atoms with Crippen LogP contribution in [0.3, 0.4) is 0 Å². The van der Waals surface area contributed by atoms with Crippen LogP contribution < -0.4 is 10.5 Å². The standard InChI is InChI=1S/C17H23N5O2/c1-13-12-21(9-10-24-13)17(18)19-11-14-7-8-22(20-14)15-3-5-16(23-2)6-4-15/h3-8,13H,9-12H2,1-2H3,(H2,18,19). The third-order valence-electron chi connectivity index (χ3n) is 3.95. The first kappa shape index (κ1) is 16.3. The molecule has 7 heteroatoms. The Morgan fingerprint density at radius 2 is 2.17 bits per heavy atom. The van der Waals surface area contributed by atoms with Gasteiger partial charge in [0.1, 0.15) is 5.75 Å². The number of rotatable bonds is 4. The summed E-state index contributed by atoms with van der Waals surface area (Å²) >= 11 is 0. The van der Waals surface area contributed by atoms with Gasteiger partial charge in [0.25, 0.3) is 0 Å². The van der Waals surface area contributed by atoms with E-state index in [4.69, 9.17) is 15.2 Å². The van der Waals surface area contributed by atoms with Crippen LogP contribution in [0, 0.1) is 0 Å². The van der Waals surface area contributed by atoms with Crippen LogP contribution in [0.2, 0.25) is 0 Å². The number of hydrogen-bond donors (Lipinski definition) is 1. The molecule has 1 atom stereocenters. The summed E-state index contributed by atoms with van der Waals surface area (Å²) in [6, 6.07) is 9.69. The predicted molar refractivity (Wildman–Crippen MR) is 92.4 cm³/mol. The highest BCUT2D eigenvalue weighted by molar-refractivity contribution is 5.78. The first-order valence-corrected chi connectivity index (χ1v) is 8.01. The van der Waals surface area contributed by atoms with Crippen molar-refractivity contribution in [3.63, 3.8) is 0 Å². The van der Waals surface area contributed by atoms with E-state index >= 15 is 0 Å². The second-order valence-corrected chi connectivity index (χ2v) is 5.75. The summed E-state index contributed by atoms with van der Waals surface area (Å²) in [4.78, 5) is 6.51. The minimum Gasteiger partial charge on any atom is -0.497 e. The van der Waals surface area contributed by atoms with Crippen LogP contribution in [-0.4, -0.2) is 53.6 Å². The largest absolute Gasteiger partial charge is 0.497 e. The molecule has 2 aromatic rings. The molecule has 0 radical (unpaired) electrons. The SMILES string of the molecule is COc1ccc(-n2ccc(CN=C(N)N3CCOC(C)C3)n2)cc1. The van der Waals surface area contributed by atoms with E-state index < -0.39 is 0 Å². The minimum absolute atomic E-state index is 0.182. The van der Waals surface area contributed by atoms with Crippen LogP contribution in [0.25, 0.3) is 5.69 Å². The molecular formula is C17H23N5O2. The van der Waals surface area contributed by atoms with Crippen molar-refractivity contribution in [2.24, 2.45) is 10.7 Å². The molecule has 1 fully saturated rings. The zero-order valence-electron chi connectivity index (χ0n) is 14.1. The van der Waals surface area contributed by atoms with E-state index in [0.717, 1.165) is 30.2 Å². The summed E-state index contributed by atoms with van der Waals surface area (Å²) in [7, 11) is 1.65. The summed E-state index contributed by atoms with van der Waals surface area (Å²) in [6.07, 6.45) is 2.10. The molecule has 1 saturated heterocycles. The van der Waals surface area contributed by atoms with E-state index in [2.05, 4.69) is 15.0 Å². The highest BCUT2D eigenvalue weighted by Gasteiger charge is 2.17. The van der Waals surface area contributed by atoms with E-state index in [1.54, 1.807) is 7.11 Å². The minimum atomic E-state index is 0.182. The van der Waals surface area contributed by atoms with E-state index in [9.17, 15) is 0 Å². The molecule has 0 aliphatic carbocycles. The van der Waals surface area contributed by atoms with Crippen LogP contribution in [0.1, 0.15) is 12.6 Å². The fourth-order valence-corrected chi connectivity index (χ4v) is 2.61. The number of guanidine groups is 1. The number of hydrogen-bond acceptors (Lipinski definition) is 4. The Morgan fingerprint density at radius 1 is 1.38 bits per heavy atom. The maximum Gasteiger partial charge on any atom is 0.191 e. The quantitative estimate of drug-likeness (QED) is 0.678. The van der Waals surface area contributed by atoms with Crippen LogP contribution in [0.4, 0.5) is 0 Å². The predicted octanol–water partition coefficient (Wildman–Crippen LogP) is 1.42. The summed E-state index contributed by atoms with van der Waals surface area (Å²) in [5.74, 6) is 1.37. The molecule has 2 N–H and O–H groups in total. The van der Waals surface area contributed by atoms with E-state index in [0.29, 0.717) is 19.1 Å². The Morgan fingerprint density at radius 3 is 2.88 bits per heavy atom. The van der Waals surface area contributed by atoms with Crippen molar-refractivity contribution in [2.75, 3.05) is 26.8 Å². The van der Waals surface area contributed by atoms with Gasteiger partial charge in [-0.25, -0.2) is 9.67 Å². The molecule has 0 spiro atoms. The third kappa shape index (κ3) is 3.86. The highest BCUT2D eigenvalue weighted by atomic mass is 16.5. The molecule has 1 aromatic heterocycles. The van der Waals surface area contributed by atoms with Gasteiger partial charge in [-0.15, -0.1) is 0 Å². The van der Waals surface area contributed by atoms with Crippen LogP contribution in [-0.2, 0) is 11.3 Å². The molecule has 128 valence electrons. The third-order valence-corrected chi connectivity index (χ3v) is 3.95. The van der Waals surface area contributed by atoms with E-state index in [-0.39, 0.29) is 6.10 Å². The number of methoxy groups -OCH3 is 1. The van der Waals surface area contributed by atoms with Gasteiger partial charge in [-0.2, -0.15) is 5.10 Å². The average molecular weight is 329 g/mol. The maximum atomic E-state index is 6.08. The Kier molecular flexibility index (Phi) is 5.00. The number of nitrogens with zero attached hydrogens (tertiary/aromatic N) is 4. The van der Waals surface area contributed by atoms with Gasteiger partial charge in [-0.3, -0.25) is 0 Å².